The van der Waals surface area contributed by atoms with Crippen molar-refractivity contribution in [3.05, 3.63) is 30.1 Å². The molecule has 24 heavy (non-hydrogen) atoms. The second-order valence-electron chi connectivity index (χ2n) is 6.76. The Kier molecular flexibility index (Phi) is 4.24. The summed E-state index contributed by atoms with van der Waals surface area (Å²) < 4.78 is 16.7. The number of hydrogen-bond donors (Lipinski definition) is 1. The molecule has 1 aliphatic heterocycles. The third-order valence-corrected chi connectivity index (χ3v) is 4.93. The second-order valence-corrected chi connectivity index (χ2v) is 6.76. The van der Waals surface area contributed by atoms with Gasteiger partial charge >= 0.3 is 0 Å². The van der Waals surface area contributed by atoms with E-state index in [0.29, 0.717) is 18.3 Å². The maximum Gasteiger partial charge on any atom is 0.257 e. The molecule has 0 spiro atoms. The summed E-state index contributed by atoms with van der Waals surface area (Å²) in [5, 5.41) is 4.10. The zero-order valence-corrected chi connectivity index (χ0v) is 13.7. The lowest BCUT2D eigenvalue weighted by Gasteiger charge is -2.17. The van der Waals surface area contributed by atoms with Crippen molar-refractivity contribution in [1.29, 1.82) is 0 Å². The number of benzene rings is 1. The first kappa shape index (κ1) is 15.6. The Balaban J connectivity index is 1.42. The lowest BCUT2D eigenvalue weighted by molar-refractivity contribution is 0.0679. The van der Waals surface area contributed by atoms with Gasteiger partial charge in [-0.2, -0.15) is 4.98 Å². The van der Waals surface area contributed by atoms with Crippen LogP contribution in [-0.4, -0.2) is 29.5 Å². The number of nitrogens with two attached hydrogens (primary N) is 1. The number of rotatable bonds is 5. The SMILES string of the molecule is NC1(c2noc(-c3ccc(OCC4CCCO4)cc3)n2)CCCC1. The van der Waals surface area contributed by atoms with Crippen molar-refractivity contribution < 1.29 is 14.0 Å². The summed E-state index contributed by atoms with van der Waals surface area (Å²) in [6.45, 7) is 1.44. The topological polar surface area (TPSA) is 83.4 Å². The van der Waals surface area contributed by atoms with E-state index in [9.17, 15) is 0 Å². The number of nitrogens with zero attached hydrogens (tertiary/aromatic N) is 2. The minimum atomic E-state index is -0.425. The minimum Gasteiger partial charge on any atom is -0.491 e. The molecule has 1 saturated carbocycles. The van der Waals surface area contributed by atoms with E-state index in [2.05, 4.69) is 10.1 Å². The van der Waals surface area contributed by atoms with Crippen LogP contribution in [0.3, 0.4) is 0 Å². The van der Waals surface area contributed by atoms with Crippen LogP contribution in [0.2, 0.25) is 0 Å². The van der Waals surface area contributed by atoms with E-state index in [4.69, 9.17) is 19.7 Å². The van der Waals surface area contributed by atoms with Crippen LogP contribution in [0.4, 0.5) is 0 Å². The lowest BCUT2D eigenvalue weighted by Crippen LogP contribution is -2.34. The number of aromatic nitrogens is 2. The van der Waals surface area contributed by atoms with E-state index in [-0.39, 0.29) is 6.10 Å². The number of hydrogen-bond acceptors (Lipinski definition) is 6. The molecular formula is C18H23N3O3. The van der Waals surface area contributed by atoms with E-state index < -0.39 is 5.54 Å². The molecule has 4 rings (SSSR count). The third-order valence-electron chi connectivity index (χ3n) is 4.93. The van der Waals surface area contributed by atoms with Gasteiger partial charge in [0.1, 0.15) is 12.4 Å². The van der Waals surface area contributed by atoms with Gasteiger partial charge in [-0.1, -0.05) is 18.0 Å². The third kappa shape index (κ3) is 3.16. The van der Waals surface area contributed by atoms with Gasteiger partial charge in [-0.25, -0.2) is 0 Å². The molecule has 1 unspecified atom stereocenters. The highest BCUT2D eigenvalue weighted by Crippen LogP contribution is 2.35. The lowest BCUT2D eigenvalue weighted by atomic mass is 9.99. The smallest absolute Gasteiger partial charge is 0.257 e. The molecule has 1 aromatic heterocycles. The second kappa shape index (κ2) is 6.53. The Morgan fingerprint density at radius 3 is 2.67 bits per heavy atom. The molecule has 0 bridgehead atoms. The van der Waals surface area contributed by atoms with Crippen LogP contribution in [-0.2, 0) is 10.3 Å². The monoisotopic (exact) mass is 329 g/mol. The molecule has 1 atom stereocenters. The van der Waals surface area contributed by atoms with Crippen molar-refractivity contribution in [2.75, 3.05) is 13.2 Å². The first-order chi connectivity index (χ1) is 11.7. The minimum absolute atomic E-state index is 0.218. The maximum absolute atomic E-state index is 6.38. The van der Waals surface area contributed by atoms with Crippen LogP contribution in [0.1, 0.15) is 44.3 Å². The molecule has 2 heterocycles. The van der Waals surface area contributed by atoms with Crippen molar-refractivity contribution in [3.63, 3.8) is 0 Å². The highest BCUT2D eigenvalue weighted by molar-refractivity contribution is 5.54. The average molecular weight is 329 g/mol. The highest BCUT2D eigenvalue weighted by atomic mass is 16.5. The fourth-order valence-electron chi connectivity index (χ4n) is 3.43. The summed E-state index contributed by atoms with van der Waals surface area (Å²) in [4.78, 5) is 4.51. The van der Waals surface area contributed by atoms with Gasteiger partial charge in [0.05, 0.1) is 11.6 Å². The first-order valence-electron chi connectivity index (χ1n) is 8.71. The fourth-order valence-corrected chi connectivity index (χ4v) is 3.43. The van der Waals surface area contributed by atoms with E-state index >= 15 is 0 Å². The van der Waals surface area contributed by atoms with Crippen molar-refractivity contribution in [2.45, 2.75) is 50.2 Å². The molecule has 2 fully saturated rings. The standard InChI is InChI=1S/C18H23N3O3/c19-18(9-1-2-10-18)17-20-16(24-21-17)13-5-7-14(8-6-13)23-12-15-4-3-11-22-15/h5-8,15H,1-4,9-12,19H2. The van der Waals surface area contributed by atoms with E-state index in [0.717, 1.165) is 56.4 Å². The first-order valence-corrected chi connectivity index (χ1v) is 8.71. The Labute approximate surface area is 141 Å². The molecule has 2 aromatic rings. The Bertz CT molecular complexity index is 671. The van der Waals surface area contributed by atoms with Gasteiger partial charge in [-0.05, 0) is 49.9 Å². The van der Waals surface area contributed by atoms with Crippen LogP contribution < -0.4 is 10.5 Å². The van der Waals surface area contributed by atoms with Crippen LogP contribution >= 0.6 is 0 Å². The Morgan fingerprint density at radius 1 is 1.17 bits per heavy atom. The van der Waals surface area contributed by atoms with Gasteiger partial charge in [-0.3, -0.25) is 0 Å². The molecule has 0 radical (unpaired) electrons. The van der Waals surface area contributed by atoms with Crippen LogP contribution in [0.5, 0.6) is 5.75 Å². The molecule has 2 N–H and O–H groups in total. The quantitative estimate of drug-likeness (QED) is 0.908. The summed E-state index contributed by atoms with van der Waals surface area (Å²) in [6.07, 6.45) is 6.49. The summed E-state index contributed by atoms with van der Waals surface area (Å²) >= 11 is 0. The summed E-state index contributed by atoms with van der Waals surface area (Å²) in [5.41, 5.74) is 6.83. The molecule has 6 nitrogen and oxygen atoms in total. The zero-order chi connectivity index (χ0) is 16.4. The van der Waals surface area contributed by atoms with Gasteiger partial charge in [-0.15, -0.1) is 0 Å². The van der Waals surface area contributed by atoms with Crippen molar-refractivity contribution in [2.24, 2.45) is 5.73 Å². The predicted octanol–water partition coefficient (Wildman–Crippen LogP) is 3.02. The van der Waals surface area contributed by atoms with Gasteiger partial charge in [0.2, 0.25) is 0 Å². The van der Waals surface area contributed by atoms with Gasteiger partial charge in [0.25, 0.3) is 5.89 Å². The van der Waals surface area contributed by atoms with Crippen LogP contribution in [0.15, 0.2) is 28.8 Å². The molecule has 128 valence electrons. The molecular weight excluding hydrogens is 306 g/mol. The normalized spacial score (nSPS) is 22.8. The zero-order valence-electron chi connectivity index (χ0n) is 13.7. The average Bonchev–Trinajstić information content (AvgIpc) is 3.35. The number of ether oxygens (including phenoxy) is 2. The molecule has 2 aliphatic rings. The molecule has 1 aromatic carbocycles. The predicted molar refractivity (Wildman–Crippen MR) is 88.5 cm³/mol. The fraction of sp³-hybridized carbons (Fsp3) is 0.556. The van der Waals surface area contributed by atoms with E-state index in [1.54, 1.807) is 0 Å². The van der Waals surface area contributed by atoms with Gasteiger partial charge in [0.15, 0.2) is 5.82 Å². The Morgan fingerprint density at radius 2 is 1.96 bits per heavy atom. The molecule has 1 saturated heterocycles. The van der Waals surface area contributed by atoms with Crippen LogP contribution in [0.25, 0.3) is 11.5 Å². The van der Waals surface area contributed by atoms with Crippen molar-refractivity contribution in [1.82, 2.24) is 10.1 Å². The highest BCUT2D eigenvalue weighted by Gasteiger charge is 2.36. The van der Waals surface area contributed by atoms with E-state index in [1.165, 1.54) is 0 Å². The molecule has 1 aliphatic carbocycles. The summed E-state index contributed by atoms with van der Waals surface area (Å²) in [7, 11) is 0. The molecule has 6 heteroatoms. The van der Waals surface area contributed by atoms with Crippen molar-refractivity contribution >= 4 is 0 Å². The summed E-state index contributed by atoms with van der Waals surface area (Å²) in [5.74, 6) is 1.95. The van der Waals surface area contributed by atoms with Gasteiger partial charge < -0.3 is 19.7 Å². The maximum atomic E-state index is 6.38. The van der Waals surface area contributed by atoms with Crippen LogP contribution in [0, 0.1) is 0 Å². The molecule has 0 amide bonds. The van der Waals surface area contributed by atoms with Crippen molar-refractivity contribution in [3.8, 4) is 17.2 Å². The van der Waals surface area contributed by atoms with E-state index in [1.807, 2.05) is 24.3 Å². The summed E-state index contributed by atoms with van der Waals surface area (Å²) in [6, 6.07) is 7.70. The Hall–Kier alpha value is -1.92. The van der Waals surface area contributed by atoms with Gasteiger partial charge in [0, 0.05) is 12.2 Å². The largest absolute Gasteiger partial charge is 0.491 e.